The van der Waals surface area contributed by atoms with E-state index < -0.39 is 30.4 Å². The molecule has 0 bridgehead atoms. The van der Waals surface area contributed by atoms with Crippen LogP contribution in [-0.4, -0.2) is 18.6 Å². The minimum Gasteiger partial charge on any atom is -0.337 e. The maximum Gasteiger partial charge on any atom is 0.471 e. The SMILES string of the molecule is O=C(NCC#Cc1ccccc1C(F)(F)F)C(F)(F)F. The lowest BCUT2D eigenvalue weighted by molar-refractivity contribution is -0.173. The highest BCUT2D eigenvalue weighted by Crippen LogP contribution is 2.31. The molecule has 108 valence electrons. The molecule has 0 aliphatic heterocycles. The lowest BCUT2D eigenvalue weighted by Gasteiger charge is -2.08. The van der Waals surface area contributed by atoms with E-state index in [0.29, 0.717) is 0 Å². The fourth-order valence-corrected chi connectivity index (χ4v) is 1.20. The molecule has 8 heteroatoms. The van der Waals surface area contributed by atoms with Crippen LogP contribution in [-0.2, 0) is 11.0 Å². The first kappa shape index (κ1) is 15.9. The van der Waals surface area contributed by atoms with E-state index in [4.69, 9.17) is 0 Å². The monoisotopic (exact) mass is 295 g/mol. The average Bonchev–Trinajstić information content (AvgIpc) is 2.32. The van der Waals surface area contributed by atoms with Crippen molar-refractivity contribution < 1.29 is 31.1 Å². The van der Waals surface area contributed by atoms with Gasteiger partial charge in [-0.3, -0.25) is 4.79 Å². The van der Waals surface area contributed by atoms with Crippen LogP contribution in [0, 0.1) is 11.8 Å². The van der Waals surface area contributed by atoms with E-state index in [1.807, 2.05) is 5.92 Å². The number of halogens is 6. The molecule has 1 amide bonds. The Labute approximate surface area is 109 Å². The Hall–Kier alpha value is -2.17. The molecule has 0 saturated carbocycles. The summed E-state index contributed by atoms with van der Waals surface area (Å²) in [5.41, 5.74) is -1.36. The van der Waals surface area contributed by atoms with Crippen molar-refractivity contribution >= 4 is 5.91 Å². The van der Waals surface area contributed by atoms with Crippen LogP contribution >= 0.6 is 0 Å². The van der Waals surface area contributed by atoms with E-state index >= 15 is 0 Å². The summed E-state index contributed by atoms with van der Waals surface area (Å²) in [4.78, 5) is 10.4. The van der Waals surface area contributed by atoms with Gasteiger partial charge in [0.25, 0.3) is 0 Å². The third-order valence-electron chi connectivity index (χ3n) is 2.05. The highest BCUT2D eigenvalue weighted by molar-refractivity contribution is 5.81. The smallest absolute Gasteiger partial charge is 0.337 e. The van der Waals surface area contributed by atoms with Gasteiger partial charge in [-0.15, -0.1) is 0 Å². The van der Waals surface area contributed by atoms with Crippen molar-refractivity contribution in [2.24, 2.45) is 0 Å². The average molecular weight is 295 g/mol. The lowest BCUT2D eigenvalue weighted by Crippen LogP contribution is -2.36. The molecule has 0 fully saturated rings. The van der Waals surface area contributed by atoms with Gasteiger partial charge in [-0.2, -0.15) is 26.3 Å². The van der Waals surface area contributed by atoms with Crippen molar-refractivity contribution in [1.82, 2.24) is 5.32 Å². The van der Waals surface area contributed by atoms with Crippen LogP contribution in [0.3, 0.4) is 0 Å². The number of carbonyl (C=O) groups is 1. The molecular formula is C12H7F6NO. The molecule has 1 aromatic carbocycles. The van der Waals surface area contributed by atoms with Crippen LogP contribution in [0.2, 0.25) is 0 Å². The number of carbonyl (C=O) groups excluding carboxylic acids is 1. The summed E-state index contributed by atoms with van der Waals surface area (Å²) in [7, 11) is 0. The summed E-state index contributed by atoms with van der Waals surface area (Å²) in [6, 6.07) is 4.37. The van der Waals surface area contributed by atoms with Crippen molar-refractivity contribution in [3.05, 3.63) is 35.4 Å². The van der Waals surface area contributed by atoms with Crippen LogP contribution in [0.25, 0.3) is 0 Å². The zero-order chi connectivity index (χ0) is 15.4. The maximum absolute atomic E-state index is 12.6. The molecule has 2 nitrogen and oxygen atoms in total. The Bertz CT molecular complexity index is 550. The van der Waals surface area contributed by atoms with Crippen LogP contribution in [0.5, 0.6) is 0 Å². The molecular weight excluding hydrogens is 288 g/mol. The quantitative estimate of drug-likeness (QED) is 0.626. The standard InChI is InChI=1S/C12H7F6NO/c13-11(14,15)9-6-2-1-4-8(9)5-3-7-19-10(20)12(16,17)18/h1-2,4,6H,7H2,(H,19,20). The van der Waals surface area contributed by atoms with Gasteiger partial charge < -0.3 is 5.32 Å². The summed E-state index contributed by atoms with van der Waals surface area (Å²) in [6.07, 6.45) is -9.66. The second kappa shape index (κ2) is 5.86. The number of amides is 1. The van der Waals surface area contributed by atoms with Crippen LogP contribution in [0.15, 0.2) is 24.3 Å². The topological polar surface area (TPSA) is 29.1 Å². The maximum atomic E-state index is 12.6. The third-order valence-corrected chi connectivity index (χ3v) is 2.05. The van der Waals surface area contributed by atoms with Crippen molar-refractivity contribution in [1.29, 1.82) is 0 Å². The van der Waals surface area contributed by atoms with Crippen molar-refractivity contribution in [2.75, 3.05) is 6.54 Å². The van der Waals surface area contributed by atoms with Gasteiger partial charge >= 0.3 is 18.3 Å². The lowest BCUT2D eigenvalue weighted by atomic mass is 10.1. The Morgan fingerprint density at radius 1 is 1.10 bits per heavy atom. The number of hydrogen-bond donors (Lipinski definition) is 1. The molecule has 1 aromatic rings. The molecule has 0 aromatic heterocycles. The number of nitrogens with one attached hydrogen (secondary N) is 1. The summed E-state index contributed by atoms with van der Waals surface area (Å²) in [6.45, 7) is -0.704. The van der Waals surface area contributed by atoms with E-state index in [-0.39, 0.29) is 5.56 Å². The Kier molecular flexibility index (Phi) is 4.65. The highest BCUT2D eigenvalue weighted by Gasteiger charge is 2.38. The van der Waals surface area contributed by atoms with Gasteiger partial charge in [0.2, 0.25) is 0 Å². The molecule has 0 heterocycles. The highest BCUT2D eigenvalue weighted by atomic mass is 19.4. The first-order valence-electron chi connectivity index (χ1n) is 5.12. The van der Waals surface area contributed by atoms with E-state index in [1.165, 1.54) is 17.4 Å². The first-order valence-corrected chi connectivity index (χ1v) is 5.12. The van der Waals surface area contributed by atoms with Gasteiger partial charge in [0, 0.05) is 5.56 Å². The van der Waals surface area contributed by atoms with Gasteiger partial charge in [-0.1, -0.05) is 24.0 Å². The fourth-order valence-electron chi connectivity index (χ4n) is 1.20. The summed E-state index contributed by atoms with van der Waals surface area (Å²) >= 11 is 0. The van der Waals surface area contributed by atoms with E-state index in [0.717, 1.165) is 12.1 Å². The van der Waals surface area contributed by atoms with Crippen molar-refractivity contribution in [2.45, 2.75) is 12.4 Å². The Morgan fingerprint density at radius 2 is 1.70 bits per heavy atom. The van der Waals surface area contributed by atoms with Gasteiger partial charge in [0.15, 0.2) is 0 Å². The molecule has 0 aliphatic carbocycles. The number of alkyl halides is 6. The largest absolute Gasteiger partial charge is 0.471 e. The van der Waals surface area contributed by atoms with Crippen molar-refractivity contribution in [3.8, 4) is 11.8 Å². The fraction of sp³-hybridized carbons (Fsp3) is 0.250. The molecule has 0 unspecified atom stereocenters. The first-order chi connectivity index (χ1) is 9.12. The second-order valence-electron chi connectivity index (χ2n) is 3.53. The van der Waals surface area contributed by atoms with Gasteiger partial charge in [0.1, 0.15) is 0 Å². The molecule has 20 heavy (non-hydrogen) atoms. The zero-order valence-corrected chi connectivity index (χ0v) is 9.69. The van der Waals surface area contributed by atoms with E-state index in [2.05, 4.69) is 5.92 Å². The molecule has 0 radical (unpaired) electrons. The zero-order valence-electron chi connectivity index (χ0n) is 9.69. The number of rotatable bonds is 1. The van der Waals surface area contributed by atoms with Gasteiger partial charge in [0.05, 0.1) is 12.1 Å². The van der Waals surface area contributed by atoms with E-state index in [9.17, 15) is 31.1 Å². The predicted octanol–water partition coefficient (Wildman–Crippen LogP) is 2.74. The molecule has 0 atom stereocenters. The summed E-state index contributed by atoms with van der Waals surface area (Å²) in [5.74, 6) is 1.91. The molecule has 0 aliphatic rings. The normalized spacial score (nSPS) is 11.5. The Morgan fingerprint density at radius 3 is 2.25 bits per heavy atom. The predicted molar refractivity (Wildman–Crippen MR) is 57.4 cm³/mol. The van der Waals surface area contributed by atoms with Crippen LogP contribution < -0.4 is 5.32 Å². The number of hydrogen-bond acceptors (Lipinski definition) is 1. The van der Waals surface area contributed by atoms with Crippen molar-refractivity contribution in [3.63, 3.8) is 0 Å². The van der Waals surface area contributed by atoms with Crippen LogP contribution in [0.4, 0.5) is 26.3 Å². The number of benzene rings is 1. The van der Waals surface area contributed by atoms with Crippen LogP contribution in [0.1, 0.15) is 11.1 Å². The molecule has 0 saturated heterocycles. The van der Waals surface area contributed by atoms with Gasteiger partial charge in [-0.25, -0.2) is 0 Å². The van der Waals surface area contributed by atoms with E-state index in [1.54, 1.807) is 0 Å². The second-order valence-corrected chi connectivity index (χ2v) is 3.53. The third kappa shape index (κ3) is 4.50. The minimum atomic E-state index is -5.05. The van der Waals surface area contributed by atoms with Gasteiger partial charge in [-0.05, 0) is 12.1 Å². The molecule has 1 rings (SSSR count). The molecule has 0 spiro atoms. The Balaban J connectivity index is 2.77. The minimum absolute atomic E-state index is 0.374. The molecule has 1 N–H and O–H groups in total. The summed E-state index contributed by atoms with van der Waals surface area (Å²) < 4.78 is 73.1. The summed E-state index contributed by atoms with van der Waals surface area (Å²) in [5, 5.41) is 1.43.